The number of hydrogen-bond donors (Lipinski definition) is 3. The van der Waals surface area contributed by atoms with E-state index in [9.17, 15) is 34.5 Å². The van der Waals surface area contributed by atoms with Gasteiger partial charge in [0.25, 0.3) is 11.7 Å². The van der Waals surface area contributed by atoms with Crippen molar-refractivity contribution in [1.82, 2.24) is 4.90 Å². The lowest BCUT2D eigenvalue weighted by atomic mass is 9.81. The van der Waals surface area contributed by atoms with Crippen LogP contribution in [0.1, 0.15) is 98.8 Å². The Morgan fingerprint density at radius 3 is 2.25 bits per heavy atom. The average molecular weight is 790 g/mol. The Labute approximate surface area is 332 Å². The number of rotatable bonds is 7. The number of ketones is 2. The highest BCUT2D eigenvalue weighted by Gasteiger charge is 2.57. The molecule has 2 saturated heterocycles. The number of hydrogen-bond acceptors (Lipinski definition) is 12. The molecular formula is C43H67NO12. The first-order valence-corrected chi connectivity index (χ1v) is 20.4. The molecule has 3 fully saturated rings. The van der Waals surface area contributed by atoms with Crippen molar-refractivity contribution in [3.05, 3.63) is 36.0 Å². The zero-order valence-corrected chi connectivity index (χ0v) is 34.7. The van der Waals surface area contributed by atoms with Crippen LogP contribution in [-0.2, 0) is 42.9 Å². The van der Waals surface area contributed by atoms with Gasteiger partial charge in [-0.25, -0.2) is 4.79 Å². The molecule has 14 atom stereocenters. The molecule has 3 N–H and O–H groups in total. The molecule has 13 nitrogen and oxygen atoms in total. The van der Waals surface area contributed by atoms with E-state index >= 15 is 0 Å². The summed E-state index contributed by atoms with van der Waals surface area (Å²) in [6.07, 6.45) is 4.23. The lowest BCUT2D eigenvalue weighted by Gasteiger charge is -2.46. The van der Waals surface area contributed by atoms with E-state index in [4.69, 9.17) is 23.7 Å². The number of amides is 1. The van der Waals surface area contributed by atoms with Crippen molar-refractivity contribution in [3.63, 3.8) is 0 Å². The second-order valence-corrected chi connectivity index (χ2v) is 16.9. The molecule has 14 unspecified atom stereocenters. The smallest absolute Gasteiger partial charge is 0.329 e. The molecule has 0 spiro atoms. The monoisotopic (exact) mass is 789 g/mol. The fourth-order valence-electron chi connectivity index (χ4n) is 9.26. The van der Waals surface area contributed by atoms with E-state index < -0.39 is 83.9 Å². The topological polar surface area (TPSA) is 178 Å². The minimum absolute atomic E-state index is 0.00899. The number of nitrogens with zero attached hydrogens (tertiary/aromatic N) is 1. The van der Waals surface area contributed by atoms with Gasteiger partial charge in [0.05, 0.1) is 30.5 Å². The zero-order valence-electron chi connectivity index (χ0n) is 34.7. The van der Waals surface area contributed by atoms with Crippen LogP contribution in [0, 0.1) is 29.6 Å². The molecule has 1 amide bonds. The number of aliphatic hydroxyl groups is 3. The van der Waals surface area contributed by atoms with Crippen LogP contribution < -0.4 is 0 Å². The van der Waals surface area contributed by atoms with Gasteiger partial charge in [-0.15, -0.1) is 6.58 Å². The number of cyclic esters (lactones) is 1. The van der Waals surface area contributed by atoms with E-state index in [0.717, 1.165) is 10.5 Å². The highest BCUT2D eigenvalue weighted by atomic mass is 16.7. The summed E-state index contributed by atoms with van der Waals surface area (Å²) in [5.41, 5.74) is 1.61. The second kappa shape index (κ2) is 20.3. The number of carbonyl (C=O) groups excluding carboxylic acids is 4. The first-order chi connectivity index (χ1) is 26.5. The van der Waals surface area contributed by atoms with Crippen molar-refractivity contribution in [2.75, 3.05) is 27.9 Å². The van der Waals surface area contributed by atoms with Crippen molar-refractivity contribution in [2.24, 2.45) is 29.6 Å². The fraction of sp³-hybridized carbons (Fsp3) is 0.767. The molecule has 3 heterocycles. The summed E-state index contributed by atoms with van der Waals surface area (Å²) in [6.45, 7) is 13.1. The minimum Gasteiger partial charge on any atom is -0.456 e. The molecule has 13 heteroatoms. The number of aliphatic hydroxyl groups excluding tert-OH is 2. The molecule has 4 rings (SSSR count). The SMILES string of the molecule is C=CCC1C=C(C)CC(C)CC(OC)C2OC(O)(C(=O)C(=O)N3CCCC3C(=O)OC(C(C)=CC3CCC(O)C(OC)C3)C(C)C(O)CC1=O)C(C)CC2OC. The molecule has 4 aliphatic rings. The van der Waals surface area contributed by atoms with Gasteiger partial charge in [0.1, 0.15) is 24.0 Å². The number of carbonyl (C=O) groups is 4. The maximum Gasteiger partial charge on any atom is 0.329 e. The number of allylic oxidation sites excluding steroid dienone is 4. The Kier molecular flexibility index (Phi) is 16.6. The highest BCUT2D eigenvalue weighted by Crippen LogP contribution is 2.39. The third-order valence-corrected chi connectivity index (χ3v) is 12.6. The van der Waals surface area contributed by atoms with Crippen molar-refractivity contribution in [2.45, 2.75) is 153 Å². The molecule has 2 bridgehead atoms. The van der Waals surface area contributed by atoms with Crippen LogP contribution in [0.25, 0.3) is 0 Å². The number of fused-ring (bicyclic) bond motifs is 3. The van der Waals surface area contributed by atoms with Crippen molar-refractivity contribution < 1.29 is 58.2 Å². The minimum atomic E-state index is -2.51. The lowest BCUT2D eigenvalue weighted by Crippen LogP contribution is -2.63. The van der Waals surface area contributed by atoms with Crippen LogP contribution in [0.5, 0.6) is 0 Å². The Morgan fingerprint density at radius 1 is 0.946 bits per heavy atom. The van der Waals surface area contributed by atoms with Gasteiger partial charge in [0.2, 0.25) is 5.79 Å². The summed E-state index contributed by atoms with van der Waals surface area (Å²) in [5, 5.41) is 34.0. The second-order valence-electron chi connectivity index (χ2n) is 16.9. The molecule has 0 aromatic heterocycles. The normalized spacial score (nSPS) is 40.3. The number of methoxy groups -OCH3 is 3. The third kappa shape index (κ3) is 10.6. The molecular weight excluding hydrogens is 722 g/mol. The van der Waals surface area contributed by atoms with Crippen molar-refractivity contribution in [3.8, 4) is 0 Å². The standard InChI is InChI=1S/C43H67NO12/c1-10-12-30-18-24(2)17-25(3)19-36(53-8)39-37(54-9)21-27(5)43(51,56-39)40(48)41(49)44-16-11-13-31(44)42(50)55-38(28(6)33(46)23-34(30)47)26(4)20-29-14-15-32(45)35(22-29)52-7/h10,18,20,25,27-33,35-39,45-46,51H,1,11-17,19,21-23H2,2-9H3. The van der Waals surface area contributed by atoms with E-state index in [1.165, 1.54) is 14.2 Å². The number of ether oxygens (including phenoxy) is 5. The van der Waals surface area contributed by atoms with Crippen LogP contribution >= 0.6 is 0 Å². The number of esters is 1. The quantitative estimate of drug-likeness (QED) is 0.190. The summed E-state index contributed by atoms with van der Waals surface area (Å²) >= 11 is 0. The Bertz CT molecular complexity index is 1460. The Balaban J connectivity index is 1.76. The summed E-state index contributed by atoms with van der Waals surface area (Å²) in [7, 11) is 4.60. The fourth-order valence-corrected chi connectivity index (χ4v) is 9.26. The Hall–Kier alpha value is -2.78. The maximum absolute atomic E-state index is 14.2. The van der Waals surface area contributed by atoms with Crippen LogP contribution in [0.4, 0.5) is 0 Å². The van der Waals surface area contributed by atoms with E-state index in [0.29, 0.717) is 50.5 Å². The molecule has 1 aliphatic carbocycles. The average Bonchev–Trinajstić information content (AvgIpc) is 3.66. The van der Waals surface area contributed by atoms with Gasteiger partial charge < -0.3 is 43.9 Å². The molecule has 1 saturated carbocycles. The van der Waals surface area contributed by atoms with Crippen LogP contribution in [0.2, 0.25) is 0 Å². The summed E-state index contributed by atoms with van der Waals surface area (Å²) in [5.74, 6) is -7.76. The van der Waals surface area contributed by atoms with Crippen molar-refractivity contribution >= 4 is 23.4 Å². The van der Waals surface area contributed by atoms with E-state index in [2.05, 4.69) is 6.58 Å². The van der Waals surface area contributed by atoms with Gasteiger partial charge in [-0.3, -0.25) is 14.4 Å². The Morgan fingerprint density at radius 2 is 1.61 bits per heavy atom. The van der Waals surface area contributed by atoms with Gasteiger partial charge in [-0.1, -0.05) is 44.6 Å². The first kappa shape index (κ1) is 45.9. The van der Waals surface area contributed by atoms with Gasteiger partial charge in [0, 0.05) is 52.0 Å². The molecule has 0 radical (unpaired) electrons. The van der Waals surface area contributed by atoms with Crippen molar-refractivity contribution in [1.29, 1.82) is 0 Å². The van der Waals surface area contributed by atoms with Gasteiger partial charge in [-0.2, -0.15) is 0 Å². The molecule has 0 aromatic rings. The van der Waals surface area contributed by atoms with Crippen LogP contribution in [0.3, 0.4) is 0 Å². The van der Waals surface area contributed by atoms with Crippen LogP contribution in [-0.4, -0.2) is 126 Å². The first-order valence-electron chi connectivity index (χ1n) is 20.4. The van der Waals surface area contributed by atoms with E-state index in [1.54, 1.807) is 34.0 Å². The molecule has 316 valence electrons. The molecule has 3 aliphatic heterocycles. The lowest BCUT2D eigenvalue weighted by molar-refractivity contribution is -0.302. The highest BCUT2D eigenvalue weighted by molar-refractivity contribution is 6.39. The van der Waals surface area contributed by atoms with Crippen LogP contribution in [0.15, 0.2) is 36.0 Å². The van der Waals surface area contributed by atoms with Gasteiger partial charge >= 0.3 is 5.97 Å². The maximum atomic E-state index is 14.2. The number of Topliss-reactive ketones (excluding diaryl/α,β-unsaturated/α-hetero) is 2. The van der Waals surface area contributed by atoms with E-state index in [1.807, 2.05) is 26.0 Å². The third-order valence-electron chi connectivity index (χ3n) is 12.6. The van der Waals surface area contributed by atoms with E-state index in [-0.39, 0.29) is 49.5 Å². The predicted molar refractivity (Wildman–Crippen MR) is 208 cm³/mol. The summed E-state index contributed by atoms with van der Waals surface area (Å²) < 4.78 is 29.6. The molecule has 0 aromatic carbocycles. The largest absolute Gasteiger partial charge is 0.456 e. The predicted octanol–water partition coefficient (Wildman–Crippen LogP) is 4.25. The molecule has 56 heavy (non-hydrogen) atoms. The zero-order chi connectivity index (χ0) is 41.5. The summed E-state index contributed by atoms with van der Waals surface area (Å²) in [4.78, 5) is 57.3. The van der Waals surface area contributed by atoms with Gasteiger partial charge in [0.15, 0.2) is 0 Å². The summed E-state index contributed by atoms with van der Waals surface area (Å²) in [6, 6.07) is -1.13. The van der Waals surface area contributed by atoms with Gasteiger partial charge in [-0.05, 0) is 89.0 Å².